The van der Waals surface area contributed by atoms with Crippen molar-refractivity contribution in [2.75, 3.05) is 51.1 Å². The first-order valence-electron chi connectivity index (χ1n) is 17.2. The van der Waals surface area contributed by atoms with Gasteiger partial charge in [-0.15, -0.1) is 0 Å². The Hall–Kier alpha value is -4.33. The zero-order valence-corrected chi connectivity index (χ0v) is 29.8. The van der Waals surface area contributed by atoms with Crippen molar-refractivity contribution in [2.45, 2.75) is 71.0 Å². The fourth-order valence-electron chi connectivity index (χ4n) is 5.91. The van der Waals surface area contributed by atoms with Crippen LogP contribution in [-0.2, 0) is 17.5 Å². The molecule has 3 aromatic rings. The van der Waals surface area contributed by atoms with Crippen LogP contribution in [0.1, 0.15) is 61.5 Å². The van der Waals surface area contributed by atoms with Gasteiger partial charge < -0.3 is 34.9 Å². The number of hydrogen-bond acceptors (Lipinski definition) is 7. The fraction of sp³-hybridized carbons (Fsp3) is 0.474. The van der Waals surface area contributed by atoms with Crippen LogP contribution in [0.15, 0.2) is 66.7 Å². The lowest BCUT2D eigenvalue weighted by Crippen LogP contribution is -2.47. The van der Waals surface area contributed by atoms with E-state index in [1.807, 2.05) is 45.2 Å². The molecule has 13 heteroatoms. The number of amides is 3. The molecule has 3 aromatic carbocycles. The molecule has 0 aliphatic carbocycles. The van der Waals surface area contributed by atoms with Gasteiger partial charge in [-0.3, -0.25) is 9.69 Å². The normalized spacial score (nSPS) is 19.8. The summed E-state index contributed by atoms with van der Waals surface area (Å²) >= 11 is 0. The van der Waals surface area contributed by atoms with Gasteiger partial charge in [0.2, 0.25) is 0 Å². The van der Waals surface area contributed by atoms with Crippen molar-refractivity contribution in [3.8, 4) is 11.5 Å². The summed E-state index contributed by atoms with van der Waals surface area (Å²) in [6.07, 6.45) is -2.53. The average molecular weight is 715 g/mol. The highest BCUT2D eigenvalue weighted by Crippen LogP contribution is 2.31. The Morgan fingerprint density at radius 2 is 1.71 bits per heavy atom. The number of hydrogen-bond donors (Lipinski definition) is 3. The summed E-state index contributed by atoms with van der Waals surface area (Å²) in [5, 5.41) is 15.4. The van der Waals surface area contributed by atoms with Crippen molar-refractivity contribution < 1.29 is 42.1 Å². The first-order chi connectivity index (χ1) is 24.3. The van der Waals surface area contributed by atoms with Gasteiger partial charge in [0.1, 0.15) is 11.5 Å². The number of nitrogens with one attached hydrogen (secondary N) is 2. The highest BCUT2D eigenvalue weighted by molar-refractivity contribution is 6.02. The van der Waals surface area contributed by atoms with Gasteiger partial charge in [0.25, 0.3) is 5.91 Å². The number of benzene rings is 3. The predicted molar refractivity (Wildman–Crippen MR) is 190 cm³/mol. The van der Waals surface area contributed by atoms with E-state index in [1.54, 1.807) is 31.1 Å². The third-order valence-electron chi connectivity index (χ3n) is 8.88. The Bertz CT molecular complexity index is 1570. The number of fused-ring (bicyclic) bond motifs is 1. The molecular weight excluding hydrogens is 665 g/mol. The second kappa shape index (κ2) is 18.2. The molecule has 51 heavy (non-hydrogen) atoms. The molecule has 1 aliphatic heterocycles. The number of methoxy groups -OCH3 is 1. The highest BCUT2D eigenvalue weighted by Gasteiger charge is 2.31. The molecule has 1 aliphatic rings. The molecule has 4 atom stereocenters. The first kappa shape index (κ1) is 39.5. The molecule has 278 valence electrons. The topological polar surface area (TPSA) is 113 Å². The Morgan fingerprint density at radius 1 is 1.04 bits per heavy atom. The second-order valence-electron chi connectivity index (χ2n) is 13.2. The Balaban J connectivity index is 1.56. The third-order valence-corrected chi connectivity index (χ3v) is 8.88. The quantitative estimate of drug-likeness (QED) is 0.214. The lowest BCUT2D eigenvalue weighted by Gasteiger charge is -2.36. The summed E-state index contributed by atoms with van der Waals surface area (Å²) in [4.78, 5) is 31.0. The summed E-state index contributed by atoms with van der Waals surface area (Å²) in [6, 6.07) is 15.5. The molecule has 0 fully saturated rings. The Kier molecular flexibility index (Phi) is 14.1. The summed E-state index contributed by atoms with van der Waals surface area (Å²) in [6.45, 7) is 7.59. The lowest BCUT2D eigenvalue weighted by molar-refractivity contribution is -0.137. The monoisotopic (exact) mass is 714 g/mol. The van der Waals surface area contributed by atoms with E-state index < -0.39 is 23.8 Å². The number of urea groups is 1. The van der Waals surface area contributed by atoms with Crippen molar-refractivity contribution in [1.82, 2.24) is 9.80 Å². The Morgan fingerprint density at radius 3 is 2.35 bits per heavy atom. The van der Waals surface area contributed by atoms with Crippen molar-refractivity contribution in [3.63, 3.8) is 0 Å². The van der Waals surface area contributed by atoms with E-state index in [4.69, 9.17) is 14.2 Å². The number of rotatable bonds is 9. The minimum Gasteiger partial charge on any atom is -0.497 e. The average Bonchev–Trinajstić information content (AvgIpc) is 3.09. The van der Waals surface area contributed by atoms with Crippen molar-refractivity contribution in [3.05, 3.63) is 83.4 Å². The van der Waals surface area contributed by atoms with Crippen LogP contribution in [0.4, 0.5) is 29.3 Å². The van der Waals surface area contributed by atoms with Gasteiger partial charge in [-0.2, -0.15) is 13.2 Å². The van der Waals surface area contributed by atoms with Crippen LogP contribution in [0, 0.1) is 5.92 Å². The van der Waals surface area contributed by atoms with Crippen molar-refractivity contribution in [1.29, 1.82) is 0 Å². The van der Waals surface area contributed by atoms with Crippen LogP contribution >= 0.6 is 0 Å². The van der Waals surface area contributed by atoms with Gasteiger partial charge in [-0.05, 0) is 100 Å². The smallest absolute Gasteiger partial charge is 0.416 e. The van der Waals surface area contributed by atoms with Crippen LogP contribution in [-0.4, -0.2) is 85.6 Å². The molecule has 3 N–H and O–H groups in total. The van der Waals surface area contributed by atoms with Gasteiger partial charge in [0.15, 0.2) is 0 Å². The van der Waals surface area contributed by atoms with Gasteiger partial charge in [0.05, 0.1) is 43.1 Å². The number of halogens is 3. The molecule has 0 saturated carbocycles. The zero-order valence-electron chi connectivity index (χ0n) is 29.8. The lowest BCUT2D eigenvalue weighted by atomic mass is 10.0. The zero-order chi connectivity index (χ0) is 37.1. The number of nitrogens with zero attached hydrogens (tertiary/aromatic N) is 2. The van der Waals surface area contributed by atoms with E-state index in [9.17, 15) is 27.9 Å². The van der Waals surface area contributed by atoms with Crippen LogP contribution in [0.3, 0.4) is 0 Å². The van der Waals surface area contributed by atoms with E-state index in [1.165, 1.54) is 6.07 Å². The number of carbonyl (C=O) groups is 2. The Labute approximate surface area is 297 Å². The number of alkyl halides is 3. The summed E-state index contributed by atoms with van der Waals surface area (Å²) in [5.41, 5.74) is 0.931. The largest absolute Gasteiger partial charge is 0.497 e. The van der Waals surface area contributed by atoms with Gasteiger partial charge >= 0.3 is 12.2 Å². The number of aliphatic hydroxyl groups is 1. The molecule has 10 nitrogen and oxygen atoms in total. The molecule has 3 amide bonds. The second-order valence-corrected chi connectivity index (χ2v) is 13.2. The van der Waals surface area contributed by atoms with Crippen LogP contribution in [0.25, 0.3) is 0 Å². The van der Waals surface area contributed by atoms with Crippen LogP contribution in [0.5, 0.6) is 11.5 Å². The molecule has 1 heterocycles. The molecular formula is C38H49F3N4O6. The van der Waals surface area contributed by atoms with Gasteiger partial charge in [0, 0.05) is 43.5 Å². The minimum absolute atomic E-state index is 0.122. The molecule has 0 spiro atoms. The number of aliphatic hydroxyl groups excluding tert-OH is 1. The van der Waals surface area contributed by atoms with Gasteiger partial charge in [-0.25, -0.2) is 4.79 Å². The van der Waals surface area contributed by atoms with E-state index in [0.29, 0.717) is 25.4 Å². The van der Waals surface area contributed by atoms with Crippen molar-refractivity contribution in [2.24, 2.45) is 5.92 Å². The molecule has 0 unspecified atom stereocenters. The SMILES string of the molecule is COc1ccc(CN(C)C[C@@H]2OCCCC[C@@H](C)Oc3ccc(NC(=O)Nc4ccc(C(F)(F)F)cc4)cc3C(=O)N([C@H](C)CO)C[C@@H]2C)cc1. The summed E-state index contributed by atoms with van der Waals surface area (Å²) in [5.74, 6) is 0.619. The van der Waals surface area contributed by atoms with E-state index in [0.717, 1.165) is 54.8 Å². The number of anilines is 2. The molecule has 0 radical (unpaired) electrons. The maximum atomic E-state index is 14.4. The standard InChI is InChI=1S/C38H49F3N4O6/c1-25-21-45(26(2)24-46)36(47)33-20-31(43-37(48)42-30-13-11-29(12-14-30)38(39,40)41)15-18-34(33)51-27(3)8-6-7-19-50-35(25)23-44(4)22-28-9-16-32(49-5)17-10-28/h9-18,20,25-27,35,46H,6-8,19,21-24H2,1-5H3,(H2,42,43,48)/t25-,26+,27+,35-/m0/s1. The molecule has 0 bridgehead atoms. The minimum atomic E-state index is -4.50. The fourth-order valence-corrected chi connectivity index (χ4v) is 5.91. The molecule has 0 aromatic heterocycles. The predicted octanol–water partition coefficient (Wildman–Crippen LogP) is 7.29. The molecule has 0 saturated heterocycles. The van der Waals surface area contributed by atoms with E-state index in [2.05, 4.69) is 15.5 Å². The van der Waals surface area contributed by atoms with Crippen LogP contribution in [0.2, 0.25) is 0 Å². The maximum absolute atomic E-state index is 14.4. The first-order valence-corrected chi connectivity index (χ1v) is 17.2. The van der Waals surface area contributed by atoms with Crippen molar-refractivity contribution >= 4 is 23.3 Å². The summed E-state index contributed by atoms with van der Waals surface area (Å²) < 4.78 is 56.9. The number of likely N-dealkylation sites (N-methyl/N-ethyl adjacent to an activating group) is 1. The van der Waals surface area contributed by atoms with E-state index in [-0.39, 0.29) is 54.1 Å². The summed E-state index contributed by atoms with van der Waals surface area (Å²) in [7, 11) is 3.66. The van der Waals surface area contributed by atoms with Crippen LogP contribution < -0.4 is 20.1 Å². The highest BCUT2D eigenvalue weighted by atomic mass is 19.4. The number of carbonyl (C=O) groups excluding carboxylic acids is 2. The number of ether oxygens (including phenoxy) is 3. The van der Waals surface area contributed by atoms with E-state index >= 15 is 0 Å². The molecule has 4 rings (SSSR count). The maximum Gasteiger partial charge on any atom is 0.416 e. The van der Waals surface area contributed by atoms with Gasteiger partial charge in [-0.1, -0.05) is 19.1 Å². The third kappa shape index (κ3) is 11.6.